The predicted octanol–water partition coefficient (Wildman–Crippen LogP) is 2.84. The number of nitrogens with zero attached hydrogens (tertiary/aromatic N) is 2. The molecule has 31 heavy (non-hydrogen) atoms. The average Bonchev–Trinajstić information content (AvgIpc) is 3.10. The van der Waals surface area contributed by atoms with Crippen LogP contribution >= 0.6 is 0 Å². The smallest absolute Gasteiger partial charge is 0.436 e. The van der Waals surface area contributed by atoms with Gasteiger partial charge in [0, 0.05) is 24.8 Å². The number of carbonyl (C=O) groups excluding carboxylic acids is 2. The Balaban J connectivity index is 1.98. The van der Waals surface area contributed by atoms with Gasteiger partial charge in [0.05, 0.1) is 5.69 Å². The summed E-state index contributed by atoms with van der Waals surface area (Å²) in [5, 5.41) is 17.3. The maximum atomic E-state index is 13.0. The molecule has 0 bridgehead atoms. The van der Waals surface area contributed by atoms with Crippen molar-refractivity contribution in [1.29, 1.82) is 0 Å². The fraction of sp³-hybridized carbons (Fsp3) is 0.368. The van der Waals surface area contributed by atoms with Crippen LogP contribution in [0.2, 0.25) is 0 Å². The minimum Gasteiger partial charge on any atom is -0.478 e. The zero-order valence-electron chi connectivity index (χ0n) is 16.9. The highest BCUT2D eigenvalue weighted by molar-refractivity contribution is 5.94. The first kappa shape index (κ1) is 23.7. The van der Waals surface area contributed by atoms with Crippen molar-refractivity contribution in [3.05, 3.63) is 47.3 Å². The Hall–Kier alpha value is -3.57. The van der Waals surface area contributed by atoms with Crippen LogP contribution in [0, 0.1) is 0 Å². The lowest BCUT2D eigenvalue weighted by molar-refractivity contribution is -0.141. The third-order valence-electron chi connectivity index (χ3n) is 3.69. The second kappa shape index (κ2) is 9.06. The highest BCUT2D eigenvalue weighted by Gasteiger charge is 2.39. The molecule has 0 aliphatic rings. The quantitative estimate of drug-likeness (QED) is 0.592. The van der Waals surface area contributed by atoms with Gasteiger partial charge in [0.2, 0.25) is 0 Å². The van der Waals surface area contributed by atoms with Gasteiger partial charge in [-0.3, -0.25) is 4.79 Å². The largest absolute Gasteiger partial charge is 0.478 e. The third-order valence-corrected chi connectivity index (χ3v) is 3.69. The molecule has 2 amide bonds. The summed E-state index contributed by atoms with van der Waals surface area (Å²) in [5.41, 5.74) is -2.79. The van der Waals surface area contributed by atoms with E-state index >= 15 is 0 Å². The van der Waals surface area contributed by atoms with Crippen LogP contribution in [0.15, 0.2) is 30.5 Å². The number of alkyl carbamates (subject to hydrolysis) is 1. The molecular weight excluding hydrogens is 421 g/mol. The molecule has 2 rings (SSSR count). The number of aromatic nitrogens is 2. The number of aromatic carboxylic acids is 1. The molecule has 0 radical (unpaired) electrons. The molecule has 9 nitrogen and oxygen atoms in total. The number of amides is 2. The molecule has 168 valence electrons. The predicted molar refractivity (Wildman–Crippen MR) is 102 cm³/mol. The van der Waals surface area contributed by atoms with Crippen molar-refractivity contribution >= 4 is 18.0 Å². The molecular formula is C19H21F3N4O5. The average molecular weight is 442 g/mol. The summed E-state index contributed by atoms with van der Waals surface area (Å²) in [6.07, 6.45) is -4.79. The molecule has 0 aliphatic heterocycles. The third kappa shape index (κ3) is 6.73. The van der Waals surface area contributed by atoms with E-state index in [2.05, 4.69) is 15.7 Å². The maximum absolute atomic E-state index is 13.0. The van der Waals surface area contributed by atoms with Crippen molar-refractivity contribution in [3.8, 4) is 5.69 Å². The Morgan fingerprint density at radius 1 is 1.06 bits per heavy atom. The summed E-state index contributed by atoms with van der Waals surface area (Å²) >= 11 is 0. The number of rotatable bonds is 6. The van der Waals surface area contributed by atoms with Gasteiger partial charge in [-0.2, -0.15) is 18.3 Å². The summed E-state index contributed by atoms with van der Waals surface area (Å²) < 4.78 is 44.7. The molecule has 0 atom stereocenters. The van der Waals surface area contributed by atoms with Gasteiger partial charge in [0.1, 0.15) is 11.2 Å². The number of halogens is 3. The number of ether oxygens (including phenoxy) is 1. The van der Waals surface area contributed by atoms with E-state index in [1.54, 1.807) is 20.8 Å². The van der Waals surface area contributed by atoms with Gasteiger partial charge in [0.25, 0.3) is 5.91 Å². The molecule has 1 aromatic heterocycles. The number of carbonyl (C=O) groups is 3. The first-order valence-electron chi connectivity index (χ1n) is 9.03. The van der Waals surface area contributed by atoms with Crippen LogP contribution in [-0.2, 0) is 10.9 Å². The Labute approximate surface area is 175 Å². The number of benzene rings is 1. The normalized spacial score (nSPS) is 11.7. The molecule has 1 aromatic carbocycles. The van der Waals surface area contributed by atoms with Gasteiger partial charge in [-0.25, -0.2) is 14.3 Å². The molecule has 0 fully saturated rings. The summed E-state index contributed by atoms with van der Waals surface area (Å²) in [4.78, 5) is 34.7. The van der Waals surface area contributed by atoms with Gasteiger partial charge < -0.3 is 20.5 Å². The van der Waals surface area contributed by atoms with E-state index in [9.17, 15) is 27.6 Å². The minimum absolute atomic E-state index is 0.121. The summed E-state index contributed by atoms with van der Waals surface area (Å²) in [6, 6.07) is 5.35. The standard InChI is InChI=1S/C19H21F3N4O5/c1-18(2,3)31-17(30)24-9-8-23-15(27)11-4-6-12(7-5-11)26-10-13(16(28)29)14(25-26)19(20,21)22/h4-7,10H,8-9H2,1-3H3,(H,23,27)(H,24,30)(H,28,29). The van der Waals surface area contributed by atoms with E-state index in [-0.39, 0.29) is 24.3 Å². The highest BCUT2D eigenvalue weighted by atomic mass is 19.4. The fourth-order valence-corrected chi connectivity index (χ4v) is 2.39. The number of hydrogen-bond acceptors (Lipinski definition) is 5. The lowest BCUT2D eigenvalue weighted by Gasteiger charge is -2.19. The van der Waals surface area contributed by atoms with Crippen molar-refractivity contribution < 1.29 is 37.4 Å². The number of nitrogens with one attached hydrogen (secondary N) is 2. The van der Waals surface area contributed by atoms with Crippen LogP contribution in [0.4, 0.5) is 18.0 Å². The molecule has 0 aliphatic carbocycles. The lowest BCUT2D eigenvalue weighted by Crippen LogP contribution is -2.37. The maximum Gasteiger partial charge on any atom is 0.436 e. The number of hydrogen-bond donors (Lipinski definition) is 3. The molecule has 2 aromatic rings. The van der Waals surface area contributed by atoms with Crippen molar-refractivity contribution in [2.24, 2.45) is 0 Å². The minimum atomic E-state index is -4.92. The Kier molecular flexibility index (Phi) is 6.93. The van der Waals surface area contributed by atoms with E-state index in [0.717, 1.165) is 10.9 Å². The molecule has 12 heteroatoms. The van der Waals surface area contributed by atoms with Crippen LogP contribution in [-0.4, -0.2) is 51.5 Å². The van der Waals surface area contributed by atoms with Crippen LogP contribution in [0.5, 0.6) is 0 Å². The molecule has 0 spiro atoms. The van der Waals surface area contributed by atoms with E-state index in [1.807, 2.05) is 0 Å². The molecule has 3 N–H and O–H groups in total. The van der Waals surface area contributed by atoms with E-state index in [1.165, 1.54) is 24.3 Å². The van der Waals surface area contributed by atoms with Gasteiger partial charge in [-0.1, -0.05) is 0 Å². The van der Waals surface area contributed by atoms with Crippen molar-refractivity contribution in [2.75, 3.05) is 13.1 Å². The zero-order chi connectivity index (χ0) is 23.4. The second-order valence-electron chi connectivity index (χ2n) is 7.37. The van der Waals surface area contributed by atoms with Crippen LogP contribution in [0.25, 0.3) is 5.69 Å². The molecule has 0 saturated carbocycles. The van der Waals surface area contributed by atoms with Gasteiger partial charge in [0.15, 0.2) is 5.69 Å². The van der Waals surface area contributed by atoms with E-state index in [4.69, 9.17) is 9.84 Å². The van der Waals surface area contributed by atoms with Crippen molar-refractivity contribution in [2.45, 2.75) is 32.5 Å². The van der Waals surface area contributed by atoms with Gasteiger partial charge >= 0.3 is 18.2 Å². The van der Waals surface area contributed by atoms with Crippen LogP contribution in [0.3, 0.4) is 0 Å². The van der Waals surface area contributed by atoms with Gasteiger partial charge in [-0.15, -0.1) is 0 Å². The Morgan fingerprint density at radius 3 is 2.13 bits per heavy atom. The monoisotopic (exact) mass is 442 g/mol. The number of carboxylic acids is 1. The highest BCUT2D eigenvalue weighted by Crippen LogP contribution is 2.31. The lowest BCUT2D eigenvalue weighted by atomic mass is 10.2. The number of alkyl halides is 3. The summed E-state index contributed by atoms with van der Waals surface area (Å²) in [5.74, 6) is -2.23. The second-order valence-corrected chi connectivity index (χ2v) is 7.37. The van der Waals surface area contributed by atoms with E-state index < -0.39 is 41.0 Å². The molecule has 1 heterocycles. The molecule has 0 unspecified atom stereocenters. The number of carboxylic acid groups (broad SMARTS) is 1. The van der Waals surface area contributed by atoms with E-state index in [0.29, 0.717) is 0 Å². The summed E-state index contributed by atoms with van der Waals surface area (Å²) in [7, 11) is 0. The zero-order valence-corrected chi connectivity index (χ0v) is 16.9. The summed E-state index contributed by atoms with van der Waals surface area (Å²) in [6.45, 7) is 5.40. The first-order valence-corrected chi connectivity index (χ1v) is 9.03. The van der Waals surface area contributed by atoms with Crippen LogP contribution in [0.1, 0.15) is 47.2 Å². The Bertz CT molecular complexity index is 962. The fourth-order valence-electron chi connectivity index (χ4n) is 2.39. The van der Waals surface area contributed by atoms with Crippen molar-refractivity contribution in [3.63, 3.8) is 0 Å². The van der Waals surface area contributed by atoms with Crippen molar-refractivity contribution in [1.82, 2.24) is 20.4 Å². The molecule has 0 saturated heterocycles. The topological polar surface area (TPSA) is 123 Å². The van der Waals surface area contributed by atoms with Gasteiger partial charge in [-0.05, 0) is 45.0 Å². The first-order chi connectivity index (χ1) is 14.3. The SMILES string of the molecule is CC(C)(C)OC(=O)NCCNC(=O)c1ccc(-n2cc(C(=O)O)c(C(F)(F)F)n2)cc1. The Morgan fingerprint density at radius 2 is 1.65 bits per heavy atom. The van der Waals surface area contributed by atoms with Crippen LogP contribution < -0.4 is 10.6 Å².